The number of benzene rings is 3. The molecule has 0 atom stereocenters. The maximum atomic E-state index is 13.2. The van der Waals surface area contributed by atoms with Crippen LogP contribution in [0.3, 0.4) is 0 Å². The fourth-order valence-electron chi connectivity index (χ4n) is 3.97. The molecule has 4 rings (SSSR count). The Labute approximate surface area is 195 Å². The van der Waals surface area contributed by atoms with Crippen molar-refractivity contribution < 1.29 is 14.4 Å². The zero-order valence-electron chi connectivity index (χ0n) is 17.5. The molecular weight excluding hydrogens is 468 g/mol. The van der Waals surface area contributed by atoms with Crippen molar-refractivity contribution in [3.63, 3.8) is 0 Å². The van der Waals surface area contributed by atoms with Gasteiger partial charge in [0.25, 0.3) is 11.8 Å². The molecule has 0 spiro atoms. The molecule has 0 aromatic heterocycles. The van der Waals surface area contributed by atoms with E-state index in [-0.39, 0.29) is 23.5 Å². The lowest BCUT2D eigenvalue weighted by atomic mass is 9.88. The van der Waals surface area contributed by atoms with Gasteiger partial charge in [0, 0.05) is 29.0 Å². The van der Waals surface area contributed by atoms with Crippen LogP contribution in [-0.2, 0) is 0 Å². The number of para-hydroxylation sites is 1. The monoisotopic (exact) mass is 490 g/mol. The van der Waals surface area contributed by atoms with Gasteiger partial charge < -0.3 is 10.2 Å². The van der Waals surface area contributed by atoms with Crippen LogP contribution in [0.25, 0.3) is 0 Å². The maximum absolute atomic E-state index is 13.2. The van der Waals surface area contributed by atoms with E-state index >= 15 is 0 Å². The Bertz CT molecular complexity index is 1140. The number of likely N-dealkylation sites (tertiary alicyclic amines) is 1. The highest BCUT2D eigenvalue weighted by Gasteiger charge is 2.29. The standard InChI is InChI=1S/C26H23BrN2O3/c27-22-12-6-4-10-20(22)25(31)28-23-13-7-5-11-21(23)26(32)29-16-14-19(15-17-29)24(30)18-8-2-1-3-9-18/h1-13,19H,14-17H2,(H,28,31). The van der Waals surface area contributed by atoms with Gasteiger partial charge in [-0.25, -0.2) is 0 Å². The summed E-state index contributed by atoms with van der Waals surface area (Å²) in [6.45, 7) is 1.02. The van der Waals surface area contributed by atoms with E-state index in [1.807, 2.05) is 36.4 Å². The molecule has 162 valence electrons. The summed E-state index contributed by atoms with van der Waals surface area (Å²) in [4.78, 5) is 40.5. The molecule has 0 aliphatic carbocycles. The van der Waals surface area contributed by atoms with Gasteiger partial charge in [0.2, 0.25) is 0 Å². The zero-order valence-corrected chi connectivity index (χ0v) is 19.0. The fourth-order valence-corrected chi connectivity index (χ4v) is 4.43. The number of carbonyl (C=O) groups is 3. The summed E-state index contributed by atoms with van der Waals surface area (Å²) in [5, 5.41) is 2.87. The van der Waals surface area contributed by atoms with Gasteiger partial charge in [-0.15, -0.1) is 0 Å². The van der Waals surface area contributed by atoms with Crippen LogP contribution in [0.15, 0.2) is 83.3 Å². The van der Waals surface area contributed by atoms with Crippen molar-refractivity contribution >= 4 is 39.2 Å². The summed E-state index contributed by atoms with van der Waals surface area (Å²) >= 11 is 3.39. The van der Waals surface area contributed by atoms with Crippen LogP contribution in [0.4, 0.5) is 5.69 Å². The Morgan fingerprint density at radius 1 is 0.781 bits per heavy atom. The number of rotatable bonds is 5. The van der Waals surface area contributed by atoms with Gasteiger partial charge in [-0.1, -0.05) is 54.6 Å². The molecule has 5 nitrogen and oxygen atoms in total. The predicted molar refractivity (Wildman–Crippen MR) is 128 cm³/mol. The number of anilines is 1. The summed E-state index contributed by atoms with van der Waals surface area (Å²) in [5.41, 5.74) is 2.13. The second-order valence-corrected chi connectivity index (χ2v) is 8.63. The molecule has 0 bridgehead atoms. The summed E-state index contributed by atoms with van der Waals surface area (Å²) in [5.74, 6) is -0.367. The molecule has 0 unspecified atom stereocenters. The molecule has 1 aliphatic rings. The number of halogens is 1. The van der Waals surface area contributed by atoms with Crippen LogP contribution >= 0.6 is 15.9 Å². The third-order valence-electron chi connectivity index (χ3n) is 5.74. The second kappa shape index (κ2) is 9.92. The topological polar surface area (TPSA) is 66.5 Å². The molecule has 0 saturated carbocycles. The molecule has 3 aromatic rings. The SMILES string of the molecule is O=C(Nc1ccccc1C(=O)N1CCC(C(=O)c2ccccc2)CC1)c1ccccc1Br. The van der Waals surface area contributed by atoms with Crippen LogP contribution in [0.5, 0.6) is 0 Å². The normalized spacial score (nSPS) is 14.1. The maximum Gasteiger partial charge on any atom is 0.256 e. The van der Waals surface area contributed by atoms with Gasteiger partial charge in [0.05, 0.1) is 16.8 Å². The molecule has 2 amide bonds. The summed E-state index contributed by atoms with van der Waals surface area (Å²) in [6.07, 6.45) is 1.26. The van der Waals surface area contributed by atoms with Crippen molar-refractivity contribution in [1.29, 1.82) is 0 Å². The van der Waals surface area contributed by atoms with Crippen molar-refractivity contribution in [1.82, 2.24) is 4.90 Å². The van der Waals surface area contributed by atoms with Crippen molar-refractivity contribution in [3.8, 4) is 0 Å². The number of amides is 2. The van der Waals surface area contributed by atoms with Crippen molar-refractivity contribution in [3.05, 3.63) is 100 Å². The van der Waals surface area contributed by atoms with E-state index in [9.17, 15) is 14.4 Å². The number of Topliss-reactive ketones (excluding diaryl/α,β-unsaturated/α-hetero) is 1. The molecule has 1 aliphatic heterocycles. The third-order valence-corrected chi connectivity index (χ3v) is 6.43. The van der Waals surface area contributed by atoms with E-state index in [4.69, 9.17) is 0 Å². The van der Waals surface area contributed by atoms with E-state index in [1.165, 1.54) is 0 Å². The molecule has 6 heteroatoms. The predicted octanol–water partition coefficient (Wildman–Crippen LogP) is 5.44. The van der Waals surface area contributed by atoms with Crippen LogP contribution in [-0.4, -0.2) is 35.6 Å². The van der Waals surface area contributed by atoms with Gasteiger partial charge in [-0.05, 0) is 53.0 Å². The van der Waals surface area contributed by atoms with E-state index in [1.54, 1.807) is 47.4 Å². The van der Waals surface area contributed by atoms with Crippen LogP contribution in [0, 0.1) is 5.92 Å². The highest BCUT2D eigenvalue weighted by Crippen LogP contribution is 2.26. The molecule has 1 saturated heterocycles. The first-order valence-electron chi connectivity index (χ1n) is 10.6. The number of nitrogens with zero attached hydrogens (tertiary/aromatic N) is 1. The number of nitrogens with one attached hydrogen (secondary N) is 1. The molecule has 1 heterocycles. The Kier molecular flexibility index (Phi) is 6.81. The lowest BCUT2D eigenvalue weighted by Gasteiger charge is -2.32. The number of hydrogen-bond donors (Lipinski definition) is 1. The quantitative estimate of drug-likeness (QED) is 0.484. The van der Waals surface area contributed by atoms with E-state index < -0.39 is 0 Å². The third kappa shape index (κ3) is 4.81. The van der Waals surface area contributed by atoms with Gasteiger partial charge in [0.15, 0.2) is 5.78 Å². The largest absolute Gasteiger partial charge is 0.339 e. The zero-order chi connectivity index (χ0) is 22.5. The Morgan fingerprint density at radius 2 is 1.38 bits per heavy atom. The number of piperidine rings is 1. The lowest BCUT2D eigenvalue weighted by Crippen LogP contribution is -2.40. The van der Waals surface area contributed by atoms with Crippen LogP contribution < -0.4 is 5.32 Å². The summed E-state index contributed by atoms with van der Waals surface area (Å²) in [6, 6.07) is 23.5. The number of ketones is 1. The Balaban J connectivity index is 1.44. The van der Waals surface area contributed by atoms with E-state index in [2.05, 4.69) is 21.2 Å². The minimum absolute atomic E-state index is 0.0770. The molecule has 32 heavy (non-hydrogen) atoms. The fraction of sp³-hybridized carbons (Fsp3) is 0.192. The smallest absolute Gasteiger partial charge is 0.256 e. The molecular formula is C26H23BrN2O3. The number of hydrogen-bond acceptors (Lipinski definition) is 3. The average Bonchev–Trinajstić information content (AvgIpc) is 2.84. The van der Waals surface area contributed by atoms with Crippen LogP contribution in [0.1, 0.15) is 43.9 Å². The van der Waals surface area contributed by atoms with Gasteiger partial charge >= 0.3 is 0 Å². The number of carbonyl (C=O) groups excluding carboxylic acids is 3. The minimum atomic E-state index is -0.287. The highest BCUT2D eigenvalue weighted by atomic mass is 79.9. The van der Waals surface area contributed by atoms with Gasteiger partial charge in [-0.2, -0.15) is 0 Å². The molecule has 1 N–H and O–H groups in total. The lowest BCUT2D eigenvalue weighted by molar-refractivity contribution is 0.0651. The van der Waals surface area contributed by atoms with Crippen molar-refractivity contribution in [2.45, 2.75) is 12.8 Å². The first kappa shape index (κ1) is 22.0. The van der Waals surface area contributed by atoms with Crippen molar-refractivity contribution in [2.24, 2.45) is 5.92 Å². The first-order chi connectivity index (χ1) is 15.5. The first-order valence-corrected chi connectivity index (χ1v) is 11.4. The summed E-state index contributed by atoms with van der Waals surface area (Å²) < 4.78 is 0.687. The van der Waals surface area contributed by atoms with E-state index in [0.717, 1.165) is 5.56 Å². The molecule has 3 aromatic carbocycles. The molecule has 0 radical (unpaired) electrons. The summed E-state index contributed by atoms with van der Waals surface area (Å²) in [7, 11) is 0. The second-order valence-electron chi connectivity index (χ2n) is 7.78. The van der Waals surface area contributed by atoms with Gasteiger partial charge in [0.1, 0.15) is 0 Å². The molecule has 1 fully saturated rings. The highest BCUT2D eigenvalue weighted by molar-refractivity contribution is 9.10. The average molecular weight is 491 g/mol. The minimum Gasteiger partial charge on any atom is -0.339 e. The Morgan fingerprint density at radius 3 is 2.06 bits per heavy atom. The van der Waals surface area contributed by atoms with Crippen molar-refractivity contribution in [2.75, 3.05) is 18.4 Å². The van der Waals surface area contributed by atoms with Gasteiger partial charge in [-0.3, -0.25) is 14.4 Å². The van der Waals surface area contributed by atoms with Crippen LogP contribution in [0.2, 0.25) is 0 Å². The Hall–Kier alpha value is -3.25. The van der Waals surface area contributed by atoms with E-state index in [0.29, 0.717) is 47.2 Å².